The molecule has 2 N–H and O–H groups in total. The molecule has 5 heteroatoms. The number of carbonyl (C=O) groups excluding carboxylic acids is 1. The lowest BCUT2D eigenvalue weighted by atomic mass is 10.1. The number of aryl methyl sites for hydroxylation is 1. The van der Waals surface area contributed by atoms with Gasteiger partial charge in [0.2, 0.25) is 0 Å². The molecule has 98 valence electrons. The van der Waals surface area contributed by atoms with Gasteiger partial charge in [-0.15, -0.1) is 0 Å². The van der Waals surface area contributed by atoms with Crippen molar-refractivity contribution in [1.29, 1.82) is 0 Å². The molecule has 0 saturated carbocycles. The van der Waals surface area contributed by atoms with Crippen LogP contribution in [-0.2, 0) is 0 Å². The number of anilines is 1. The molecule has 0 saturated heterocycles. The Morgan fingerprint density at radius 1 is 1.16 bits per heavy atom. The van der Waals surface area contributed by atoms with Crippen LogP contribution >= 0.6 is 0 Å². The molecule has 0 unspecified atom stereocenters. The van der Waals surface area contributed by atoms with Crippen molar-refractivity contribution < 1.29 is 18.7 Å². The summed E-state index contributed by atoms with van der Waals surface area (Å²) >= 11 is 0. The molecule has 0 spiro atoms. The molecule has 0 heterocycles. The molecule has 1 amide bonds. The number of phenols is 1. The summed E-state index contributed by atoms with van der Waals surface area (Å²) in [5.74, 6) is -2.46. The molecule has 0 atom stereocenters. The maximum absolute atomic E-state index is 13.4. The highest BCUT2D eigenvalue weighted by molar-refractivity contribution is 6.06. The number of benzene rings is 2. The molecule has 3 nitrogen and oxygen atoms in total. The largest absolute Gasteiger partial charge is 0.507 e. The summed E-state index contributed by atoms with van der Waals surface area (Å²) in [6.45, 7) is 1.76. The summed E-state index contributed by atoms with van der Waals surface area (Å²) in [5, 5.41) is 11.9. The van der Waals surface area contributed by atoms with Crippen molar-refractivity contribution >= 4 is 11.6 Å². The molecule has 19 heavy (non-hydrogen) atoms. The number of carbonyl (C=O) groups is 1. The van der Waals surface area contributed by atoms with E-state index in [1.54, 1.807) is 13.0 Å². The molecule has 2 rings (SSSR count). The first kappa shape index (κ1) is 13.0. The molecular weight excluding hydrogens is 252 g/mol. The Balaban J connectivity index is 2.25. The Kier molecular flexibility index (Phi) is 3.46. The standard InChI is InChI=1S/C14H11F2NO2/c1-8-2-4-10(13(18)6-8)14(19)17-12-5-3-9(15)7-11(12)16/h2-7,18H,1H3,(H,17,19). The Morgan fingerprint density at radius 2 is 1.89 bits per heavy atom. The number of hydrogen-bond acceptors (Lipinski definition) is 2. The molecular formula is C14H11F2NO2. The van der Waals surface area contributed by atoms with Crippen LogP contribution in [0.25, 0.3) is 0 Å². The average Bonchev–Trinajstić information content (AvgIpc) is 2.32. The van der Waals surface area contributed by atoms with Crippen molar-refractivity contribution in [3.8, 4) is 5.75 Å². The zero-order chi connectivity index (χ0) is 14.0. The van der Waals surface area contributed by atoms with E-state index < -0.39 is 17.5 Å². The molecule has 0 fully saturated rings. The molecule has 0 aromatic heterocycles. The van der Waals surface area contributed by atoms with E-state index in [2.05, 4.69) is 5.32 Å². The van der Waals surface area contributed by atoms with Gasteiger partial charge in [0.15, 0.2) is 0 Å². The second-order valence-corrected chi connectivity index (χ2v) is 4.10. The SMILES string of the molecule is Cc1ccc(C(=O)Nc2ccc(F)cc2F)c(O)c1. The number of amides is 1. The summed E-state index contributed by atoms with van der Waals surface area (Å²) in [6, 6.07) is 7.33. The maximum atomic E-state index is 13.4. The van der Waals surface area contributed by atoms with Gasteiger partial charge in [-0.05, 0) is 36.8 Å². The molecule has 2 aromatic carbocycles. The minimum atomic E-state index is -0.875. The van der Waals surface area contributed by atoms with Gasteiger partial charge in [0.25, 0.3) is 5.91 Å². The van der Waals surface area contributed by atoms with Crippen molar-refractivity contribution in [2.45, 2.75) is 6.92 Å². The summed E-state index contributed by atoms with van der Waals surface area (Å²) in [6.07, 6.45) is 0. The van der Waals surface area contributed by atoms with Gasteiger partial charge in [-0.25, -0.2) is 8.78 Å². The monoisotopic (exact) mass is 263 g/mol. The summed E-state index contributed by atoms with van der Waals surface area (Å²) in [5.41, 5.74) is 0.669. The van der Waals surface area contributed by atoms with Crippen molar-refractivity contribution in [3.63, 3.8) is 0 Å². The second kappa shape index (κ2) is 5.06. The van der Waals surface area contributed by atoms with Gasteiger partial charge in [-0.1, -0.05) is 6.07 Å². The summed E-state index contributed by atoms with van der Waals surface area (Å²) in [4.78, 5) is 11.9. The second-order valence-electron chi connectivity index (χ2n) is 4.10. The fraction of sp³-hybridized carbons (Fsp3) is 0.0714. The Morgan fingerprint density at radius 3 is 2.53 bits per heavy atom. The van der Waals surface area contributed by atoms with E-state index in [1.165, 1.54) is 12.1 Å². The van der Waals surface area contributed by atoms with Crippen LogP contribution in [0.5, 0.6) is 5.75 Å². The first-order chi connectivity index (χ1) is 8.97. The van der Waals surface area contributed by atoms with Crippen LogP contribution in [0.2, 0.25) is 0 Å². The maximum Gasteiger partial charge on any atom is 0.259 e. The Bertz CT molecular complexity index is 641. The first-order valence-corrected chi connectivity index (χ1v) is 5.53. The minimum absolute atomic E-state index is 0.0225. The van der Waals surface area contributed by atoms with E-state index in [9.17, 15) is 18.7 Å². The van der Waals surface area contributed by atoms with E-state index >= 15 is 0 Å². The van der Waals surface area contributed by atoms with Crippen molar-refractivity contribution in [2.75, 3.05) is 5.32 Å². The van der Waals surface area contributed by atoms with E-state index in [0.717, 1.165) is 17.7 Å². The molecule has 2 aromatic rings. The zero-order valence-electron chi connectivity index (χ0n) is 10.1. The lowest BCUT2D eigenvalue weighted by molar-refractivity contribution is 0.102. The van der Waals surface area contributed by atoms with Gasteiger partial charge in [-0.2, -0.15) is 0 Å². The Hall–Kier alpha value is -2.43. The van der Waals surface area contributed by atoms with Crippen molar-refractivity contribution in [1.82, 2.24) is 0 Å². The van der Waals surface area contributed by atoms with Gasteiger partial charge in [0.05, 0.1) is 11.3 Å². The predicted octanol–water partition coefficient (Wildman–Crippen LogP) is 3.23. The van der Waals surface area contributed by atoms with Crippen LogP contribution in [0.3, 0.4) is 0 Å². The highest BCUT2D eigenvalue weighted by Crippen LogP contribution is 2.21. The van der Waals surface area contributed by atoms with Crippen molar-refractivity contribution in [2.24, 2.45) is 0 Å². The quantitative estimate of drug-likeness (QED) is 0.873. The highest BCUT2D eigenvalue weighted by atomic mass is 19.1. The van der Waals surface area contributed by atoms with E-state index in [1.807, 2.05) is 0 Å². The van der Waals surface area contributed by atoms with E-state index in [0.29, 0.717) is 6.07 Å². The fourth-order valence-electron chi connectivity index (χ4n) is 1.61. The van der Waals surface area contributed by atoms with Gasteiger partial charge < -0.3 is 10.4 Å². The number of aromatic hydroxyl groups is 1. The zero-order valence-corrected chi connectivity index (χ0v) is 10.1. The van der Waals surface area contributed by atoms with E-state index in [-0.39, 0.29) is 17.0 Å². The summed E-state index contributed by atoms with van der Waals surface area (Å²) in [7, 11) is 0. The van der Waals surface area contributed by atoms with Gasteiger partial charge in [0, 0.05) is 6.07 Å². The van der Waals surface area contributed by atoms with Gasteiger partial charge >= 0.3 is 0 Å². The van der Waals surface area contributed by atoms with Crippen molar-refractivity contribution in [3.05, 3.63) is 59.2 Å². The number of halogens is 2. The smallest absolute Gasteiger partial charge is 0.259 e. The number of hydrogen-bond donors (Lipinski definition) is 2. The third-order valence-corrected chi connectivity index (χ3v) is 2.58. The fourth-order valence-corrected chi connectivity index (χ4v) is 1.61. The van der Waals surface area contributed by atoms with Crippen LogP contribution in [0.15, 0.2) is 36.4 Å². The molecule has 0 aliphatic rings. The Labute approximate surface area is 108 Å². The van der Waals surface area contributed by atoms with Gasteiger partial charge in [0.1, 0.15) is 17.4 Å². The lowest BCUT2D eigenvalue weighted by Gasteiger charge is -2.08. The lowest BCUT2D eigenvalue weighted by Crippen LogP contribution is -2.13. The average molecular weight is 263 g/mol. The molecule has 0 aliphatic heterocycles. The predicted molar refractivity (Wildman–Crippen MR) is 67.2 cm³/mol. The highest BCUT2D eigenvalue weighted by Gasteiger charge is 2.13. The number of rotatable bonds is 2. The van der Waals surface area contributed by atoms with Crippen LogP contribution in [0, 0.1) is 18.6 Å². The van der Waals surface area contributed by atoms with Crippen LogP contribution in [-0.4, -0.2) is 11.0 Å². The normalized spacial score (nSPS) is 10.3. The van der Waals surface area contributed by atoms with Gasteiger partial charge in [-0.3, -0.25) is 4.79 Å². The van der Waals surface area contributed by atoms with Crippen LogP contribution < -0.4 is 5.32 Å². The summed E-state index contributed by atoms with van der Waals surface area (Å²) < 4.78 is 26.1. The number of nitrogens with one attached hydrogen (secondary N) is 1. The molecule has 0 bridgehead atoms. The van der Waals surface area contributed by atoms with Crippen LogP contribution in [0.1, 0.15) is 15.9 Å². The first-order valence-electron chi connectivity index (χ1n) is 5.53. The minimum Gasteiger partial charge on any atom is -0.507 e. The topological polar surface area (TPSA) is 49.3 Å². The van der Waals surface area contributed by atoms with E-state index in [4.69, 9.17) is 0 Å². The third-order valence-electron chi connectivity index (χ3n) is 2.58. The molecule has 0 radical (unpaired) electrons. The molecule has 0 aliphatic carbocycles. The number of phenolic OH excluding ortho intramolecular Hbond substituents is 1. The van der Waals surface area contributed by atoms with Crippen LogP contribution in [0.4, 0.5) is 14.5 Å². The third kappa shape index (κ3) is 2.88.